The second-order valence-electron chi connectivity index (χ2n) is 20.6. The summed E-state index contributed by atoms with van der Waals surface area (Å²) < 4.78 is 75.2. The Hall–Kier alpha value is 0.495. The largest absolute Gasteiger partial charge is 2.00 e. The van der Waals surface area contributed by atoms with Crippen molar-refractivity contribution in [2.45, 2.75) is 138 Å². The first-order valence-electron chi connectivity index (χ1n) is 26.8. The average Bonchev–Trinajstić information content (AvgIpc) is 0.888. The molecule has 9 aromatic carbocycles. The minimum atomic E-state index is -0.891. The molecule has 0 radical (unpaired) electrons. The molecule has 9 aromatic rings. The van der Waals surface area contributed by atoms with E-state index in [1.54, 1.807) is 65.0 Å². The van der Waals surface area contributed by atoms with Gasteiger partial charge in [0, 0.05) is 34.9 Å². The van der Waals surface area contributed by atoms with Gasteiger partial charge in [-0.1, -0.05) is 154 Å². The van der Waals surface area contributed by atoms with E-state index in [9.17, 15) is 26.3 Å². The van der Waals surface area contributed by atoms with E-state index in [0.717, 1.165) is 66.2 Å². The van der Waals surface area contributed by atoms with Gasteiger partial charge in [-0.05, 0) is 15.1 Å². The van der Waals surface area contributed by atoms with E-state index in [1.165, 1.54) is 46.9 Å². The molecular formula is C83H100Cl6F6W9. The molecule has 9 rings (SSSR count). The topological polar surface area (TPSA) is 0 Å². The molecule has 0 aliphatic heterocycles. The van der Waals surface area contributed by atoms with E-state index < -0.39 is 17.5 Å². The molecule has 0 aromatic heterocycles. The monoisotopic (exact) mass is 3080 g/mol. The van der Waals surface area contributed by atoms with Crippen LogP contribution in [0.5, 0.6) is 0 Å². The first-order chi connectivity index (χ1) is 39.8. The Labute approximate surface area is 790 Å². The van der Waals surface area contributed by atoms with Crippen molar-refractivity contribution in [3.8, 4) is 0 Å². The van der Waals surface area contributed by atoms with Crippen molar-refractivity contribution >= 4 is 69.6 Å². The third-order valence-electron chi connectivity index (χ3n) is 11.8. The van der Waals surface area contributed by atoms with Crippen LogP contribution < -0.4 is 0 Å². The second kappa shape index (κ2) is 77.4. The summed E-state index contributed by atoms with van der Waals surface area (Å²) in [6.07, 6.45) is 0. The van der Waals surface area contributed by atoms with E-state index in [0.29, 0.717) is 37.3 Å². The average molecular weight is 3080 g/mol. The van der Waals surface area contributed by atoms with E-state index in [4.69, 9.17) is 69.6 Å². The van der Waals surface area contributed by atoms with Crippen molar-refractivity contribution in [2.75, 3.05) is 0 Å². The van der Waals surface area contributed by atoms with Crippen molar-refractivity contribution in [1.29, 1.82) is 0 Å². The van der Waals surface area contributed by atoms with Crippen LogP contribution in [-0.2, 0) is 190 Å². The van der Waals surface area contributed by atoms with Gasteiger partial charge in [0.25, 0.3) is 0 Å². The predicted octanol–water partition coefficient (Wildman–Crippen LogP) is 28.3. The second-order valence-corrected chi connectivity index (χ2v) is 22.9. The van der Waals surface area contributed by atoms with Gasteiger partial charge in [-0.15, -0.1) is 105 Å². The fraction of sp³-hybridized carbons (Fsp3) is 0.241. The first-order valence-corrected chi connectivity index (χ1v) is 29.0. The Bertz CT molecular complexity index is 3050. The summed E-state index contributed by atoms with van der Waals surface area (Å²) in [6, 6.07) is 48.3. The maximum atomic E-state index is 12.7. The molecular weight excluding hydrogens is 2980 g/mol. The zero-order valence-corrected chi connectivity index (χ0v) is 96.2. The fourth-order valence-electron chi connectivity index (χ4n) is 7.60. The van der Waals surface area contributed by atoms with Crippen molar-refractivity contribution in [3.63, 3.8) is 0 Å². The van der Waals surface area contributed by atoms with Crippen LogP contribution in [0.2, 0.25) is 30.1 Å². The quantitative estimate of drug-likeness (QED) is 0.105. The number of halogens is 12. The Balaban J connectivity index is -0.0000000490. The van der Waals surface area contributed by atoms with Crippen LogP contribution >= 0.6 is 69.6 Å². The number of hydrogen-bond acceptors (Lipinski definition) is 0. The number of benzene rings is 9. The van der Waals surface area contributed by atoms with Gasteiger partial charge in [0.1, 0.15) is 0 Å². The molecule has 0 fully saturated rings. The van der Waals surface area contributed by atoms with E-state index >= 15 is 0 Å². The third kappa shape index (κ3) is 62.0. The Morgan fingerprint density at radius 2 is 0.596 bits per heavy atom. The molecule has 104 heavy (non-hydrogen) atoms. The van der Waals surface area contributed by atoms with Crippen molar-refractivity contribution < 1.29 is 216 Å². The molecule has 0 bridgehead atoms. The van der Waals surface area contributed by atoms with Gasteiger partial charge in [0.2, 0.25) is 0 Å². The molecule has 0 N–H and O–H groups in total. The maximum Gasteiger partial charge on any atom is 2.00 e. The molecule has 0 saturated heterocycles. The Kier molecular flexibility index (Phi) is 111. The number of hydrogen-bond donors (Lipinski definition) is 0. The number of rotatable bonds is 0. The van der Waals surface area contributed by atoms with Crippen LogP contribution in [0.3, 0.4) is 0 Å². The van der Waals surface area contributed by atoms with Crippen LogP contribution in [0, 0.1) is 295 Å². The van der Waals surface area contributed by atoms with Crippen LogP contribution in [0.15, 0.2) is 78.9 Å². The predicted molar refractivity (Wildman–Crippen MR) is 410 cm³/mol. The molecule has 0 heterocycles. The van der Waals surface area contributed by atoms with Gasteiger partial charge in [0.15, 0.2) is 0 Å². The molecule has 0 amide bonds. The van der Waals surface area contributed by atoms with Gasteiger partial charge < -0.3 is 66.8 Å². The zero-order valence-electron chi connectivity index (χ0n) is 65.2. The molecule has 21 heteroatoms. The summed E-state index contributed by atoms with van der Waals surface area (Å²) in [5.41, 5.74) is 19.2. The zero-order chi connectivity index (χ0) is 66.0. The summed E-state index contributed by atoms with van der Waals surface area (Å²) in [4.78, 5) is 0. The molecule has 0 unspecified atom stereocenters. The SMILES string of the molecule is Cc1[c-]c(C)c(C)c(C)c1.Cc1[c-]c(Cl)c(Cl)c(C)c1.Cc1[c-]c(Cl)c(F)c(C)c1.Cc1[c-]c(Cl)cc(C)c1.Cc1[c-]c(F)c(Cl)c(C)c1.Cc1[c-]c(F)c(F)c(C)c1.Cc1[c-]c(F)cc(C)c1.Cc1[c-]cc(Cl)c(C)c1.Cc1[c-]cc(F)c(C)c1.[CH3-].[CH3-].[CH3-].[CH3-].[CH3-].[CH3-].[CH3-].[CH3-].[CH3-].[W+2].[W+2].[W+2].[W+2].[W+2].[W+2].[W+2].[W+2].[W+2]. The van der Waals surface area contributed by atoms with Crippen molar-refractivity contribution in [3.05, 3.63) is 377 Å². The molecule has 570 valence electrons. The Morgan fingerprint density at radius 3 is 0.933 bits per heavy atom. The molecule has 0 aliphatic carbocycles. The fourth-order valence-corrected chi connectivity index (χ4v) is 8.83. The Morgan fingerprint density at radius 1 is 0.269 bits per heavy atom. The third-order valence-corrected chi connectivity index (χ3v) is 14.0. The van der Waals surface area contributed by atoms with E-state index in [2.05, 4.69) is 88.4 Å². The van der Waals surface area contributed by atoms with Crippen LogP contribution in [0.4, 0.5) is 26.3 Å². The summed E-state index contributed by atoms with van der Waals surface area (Å²) in [5, 5.41) is 2.86. The summed E-state index contributed by atoms with van der Waals surface area (Å²) in [7, 11) is 0. The van der Waals surface area contributed by atoms with Gasteiger partial charge >= 0.3 is 190 Å². The van der Waals surface area contributed by atoms with Gasteiger partial charge in [-0.25, -0.2) is 13.2 Å². The standard InChI is InChI=1S/C10H13.C8H7Cl2.2C8H7ClF.2C8H8Cl.C8H7F2.2C8H8F.9CH3.9W/c1-7-5-8(2)10(4)9(3)6-7;1-5-3-6(2)8(10)7(9)4-5;1-5-3-6(2)8(9)7(10)4-5;1-5-3-6(2)8(10)7(9)4-5;1-6-3-7(2)5-8(9)4-6;1-6-3-4-8(9)7(2)5-6;1-5-3-6(2)8(10)7(9)4-5;1-6-3-7(2)5-8(9)4-6;1-6-3-4-8(9)7(2)5-6;;;;;;;;;;;;;;;;;;/h5H,1-4H3;3*3H,1-2H3;3-4H,1-2H3;4-5H,1-2H3;3H,1-2H3;3-4H,1-2H3;4-5H,1-2H3;9*1H3;;;;;;;;;/q18*-1;9*+2. The molecule has 0 atom stereocenters. The molecule has 0 saturated carbocycles. The minimum absolute atomic E-state index is 0. The molecule has 0 spiro atoms. The smallest absolute Gasteiger partial charge is 0.358 e. The van der Waals surface area contributed by atoms with Crippen molar-refractivity contribution in [2.24, 2.45) is 0 Å². The van der Waals surface area contributed by atoms with Crippen LogP contribution in [0.1, 0.15) is 111 Å². The summed E-state index contributed by atoms with van der Waals surface area (Å²) in [6.45, 7) is 37.9. The number of aryl methyl sites for hydroxylation is 19. The van der Waals surface area contributed by atoms with Gasteiger partial charge in [0.05, 0.1) is 0 Å². The minimum Gasteiger partial charge on any atom is -0.358 e. The van der Waals surface area contributed by atoms with E-state index in [1.807, 2.05) is 99.6 Å². The summed E-state index contributed by atoms with van der Waals surface area (Å²) in [5.74, 6) is -2.97. The molecule has 0 aliphatic rings. The van der Waals surface area contributed by atoms with Gasteiger partial charge in [-0.2, -0.15) is 210 Å². The summed E-state index contributed by atoms with van der Waals surface area (Å²) >= 11 is 34.0. The molecule has 0 nitrogen and oxygen atoms in total. The van der Waals surface area contributed by atoms with Gasteiger partial charge in [-0.3, -0.25) is 13.2 Å². The van der Waals surface area contributed by atoms with Crippen LogP contribution in [0.25, 0.3) is 0 Å². The normalized spacial score (nSPS) is 8.15. The van der Waals surface area contributed by atoms with Crippen molar-refractivity contribution in [1.82, 2.24) is 0 Å². The van der Waals surface area contributed by atoms with Crippen LogP contribution in [-0.4, -0.2) is 0 Å². The first kappa shape index (κ1) is 150. The maximum absolute atomic E-state index is 12.7. The van der Waals surface area contributed by atoms with E-state index in [-0.39, 0.29) is 284 Å².